The Labute approximate surface area is 176 Å². The second kappa shape index (κ2) is 20.9. The minimum atomic E-state index is -0.645. The van der Waals surface area contributed by atoms with Crippen LogP contribution in [0.15, 0.2) is 0 Å². The number of hydrogen-bond donors (Lipinski definition) is 0. The zero-order valence-electron chi connectivity index (χ0n) is 18.7. The van der Waals surface area contributed by atoms with E-state index in [4.69, 9.17) is 0 Å². The summed E-state index contributed by atoms with van der Waals surface area (Å²) in [7, 11) is 0. The number of alkyl halides is 3. The van der Waals surface area contributed by atoms with Gasteiger partial charge in [0.2, 0.25) is 0 Å². The maximum absolute atomic E-state index is 13.0. The zero-order chi connectivity index (χ0) is 21.7. The van der Waals surface area contributed by atoms with Crippen LogP contribution in [0.3, 0.4) is 0 Å². The van der Waals surface area contributed by atoms with E-state index in [1.54, 1.807) is 0 Å². The molecule has 0 aromatic carbocycles. The lowest BCUT2D eigenvalue weighted by Gasteiger charge is -2.28. The first-order chi connectivity index (χ1) is 14.1. The van der Waals surface area contributed by atoms with Gasteiger partial charge in [-0.25, -0.2) is 8.78 Å². The highest BCUT2D eigenvalue weighted by Crippen LogP contribution is 2.34. The molecule has 176 valence electrons. The van der Waals surface area contributed by atoms with Crippen LogP contribution >= 0.6 is 0 Å². The third-order valence-electron chi connectivity index (χ3n) is 5.89. The first-order valence-electron chi connectivity index (χ1n) is 11.7. The molecule has 0 N–H and O–H groups in total. The molecule has 29 heavy (non-hydrogen) atoms. The van der Waals surface area contributed by atoms with Crippen LogP contribution in [0, 0.1) is 17.8 Å². The Kier molecular flexibility index (Phi) is 20.6. The van der Waals surface area contributed by atoms with Crippen LogP contribution in [0.5, 0.6) is 0 Å². The fourth-order valence-electron chi connectivity index (χ4n) is 4.06. The minimum Gasteiger partial charge on any atom is -0.351 e. The lowest BCUT2D eigenvalue weighted by molar-refractivity contribution is -0.131. The maximum Gasteiger partial charge on any atom is 0.188 e. The highest BCUT2D eigenvalue weighted by atomic mass is 19.3. The van der Waals surface area contributed by atoms with Gasteiger partial charge in [0.15, 0.2) is 6.86 Å². The van der Waals surface area contributed by atoms with Gasteiger partial charge in [0.25, 0.3) is 0 Å². The number of ether oxygens (including phenoxy) is 1. The molecule has 0 atom stereocenters. The van der Waals surface area contributed by atoms with Gasteiger partial charge in [-0.05, 0) is 73.6 Å². The molecule has 0 aliphatic heterocycles. The molecule has 2 aliphatic rings. The smallest absolute Gasteiger partial charge is 0.188 e. The fourth-order valence-corrected chi connectivity index (χ4v) is 4.06. The molecule has 0 saturated heterocycles. The second-order valence-electron chi connectivity index (χ2n) is 8.42. The van der Waals surface area contributed by atoms with E-state index in [2.05, 4.69) is 9.68 Å². The zero-order valence-corrected chi connectivity index (χ0v) is 18.7. The van der Waals surface area contributed by atoms with Crippen molar-refractivity contribution in [1.29, 1.82) is 0 Å². The summed E-state index contributed by atoms with van der Waals surface area (Å²) in [6.45, 7) is 3.79. The van der Waals surface area contributed by atoms with Gasteiger partial charge in [-0.15, -0.1) is 0 Å². The van der Waals surface area contributed by atoms with E-state index < -0.39 is 13.0 Å². The van der Waals surface area contributed by atoms with Gasteiger partial charge in [-0.2, -0.15) is 4.94 Å². The Morgan fingerprint density at radius 3 is 1.55 bits per heavy atom. The van der Waals surface area contributed by atoms with E-state index in [0.29, 0.717) is 12.5 Å². The average Bonchev–Trinajstić information content (AvgIpc) is 2.75. The normalized spacial score (nSPS) is 26.7. The molecule has 0 amide bonds. The molecule has 2 fully saturated rings. The van der Waals surface area contributed by atoms with Gasteiger partial charge in [0, 0.05) is 6.61 Å². The predicted molar refractivity (Wildman–Crippen MR) is 112 cm³/mol. The van der Waals surface area contributed by atoms with Crippen LogP contribution in [-0.4, -0.2) is 32.9 Å². The van der Waals surface area contributed by atoms with Crippen molar-refractivity contribution in [2.24, 2.45) is 17.8 Å². The summed E-state index contributed by atoms with van der Waals surface area (Å²) in [6.07, 6.45) is 13.6. The third-order valence-corrected chi connectivity index (χ3v) is 5.89. The van der Waals surface area contributed by atoms with Crippen LogP contribution in [0.25, 0.3) is 0 Å². The van der Waals surface area contributed by atoms with Crippen molar-refractivity contribution in [2.75, 3.05) is 26.7 Å². The lowest BCUT2D eigenvalue weighted by atomic mass is 9.79. The van der Waals surface area contributed by atoms with E-state index >= 15 is 0 Å². The molecule has 0 heterocycles. The highest BCUT2D eigenvalue weighted by molar-refractivity contribution is 4.75. The molecular formula is C23H44F4O2. The molecule has 0 radical (unpaired) electrons. The minimum absolute atomic E-state index is 0.112. The van der Waals surface area contributed by atoms with Crippen molar-refractivity contribution in [3.63, 3.8) is 0 Å². The summed E-state index contributed by atoms with van der Waals surface area (Å²) in [6, 6.07) is 0. The van der Waals surface area contributed by atoms with Gasteiger partial charge < -0.3 is 4.74 Å². The van der Waals surface area contributed by atoms with Gasteiger partial charge in [0.05, 0.1) is 13.3 Å². The summed E-state index contributed by atoms with van der Waals surface area (Å²) < 4.78 is 51.3. The number of rotatable bonds is 10. The number of hydrogen-bond acceptors (Lipinski definition) is 2. The molecule has 2 aliphatic carbocycles. The Balaban J connectivity index is 0.000000591. The molecule has 0 bridgehead atoms. The van der Waals surface area contributed by atoms with Gasteiger partial charge >= 0.3 is 0 Å². The van der Waals surface area contributed by atoms with Crippen LogP contribution < -0.4 is 0 Å². The van der Waals surface area contributed by atoms with Crippen LogP contribution in [-0.2, 0) is 9.68 Å². The summed E-state index contributed by atoms with van der Waals surface area (Å²) in [4.78, 5) is 3.19. The van der Waals surface area contributed by atoms with Crippen LogP contribution in [0.1, 0.15) is 97.3 Å². The third kappa shape index (κ3) is 17.1. The van der Waals surface area contributed by atoms with Gasteiger partial charge in [-0.3, -0.25) is 4.39 Å². The second-order valence-corrected chi connectivity index (χ2v) is 8.42. The molecule has 0 aromatic rings. The van der Waals surface area contributed by atoms with Crippen molar-refractivity contribution in [3.05, 3.63) is 0 Å². The quantitative estimate of drug-likeness (QED) is 0.258. The molecule has 6 heteroatoms. The molecule has 0 aromatic heterocycles. The van der Waals surface area contributed by atoms with Crippen LogP contribution in [0.2, 0.25) is 0 Å². The average molecular weight is 429 g/mol. The van der Waals surface area contributed by atoms with E-state index in [-0.39, 0.29) is 13.3 Å². The topological polar surface area (TPSA) is 18.5 Å². The van der Waals surface area contributed by atoms with Crippen molar-refractivity contribution in [1.82, 2.24) is 0 Å². The maximum atomic E-state index is 13.0. The van der Waals surface area contributed by atoms with Gasteiger partial charge in [0.1, 0.15) is 6.17 Å². The first-order valence-corrected chi connectivity index (χ1v) is 11.7. The van der Waals surface area contributed by atoms with Crippen molar-refractivity contribution >= 4 is 0 Å². The van der Waals surface area contributed by atoms with Crippen molar-refractivity contribution in [2.45, 2.75) is 103 Å². The molecular weight excluding hydrogens is 384 g/mol. The Morgan fingerprint density at radius 2 is 1.21 bits per heavy atom. The summed E-state index contributed by atoms with van der Waals surface area (Å²) in [5.74, 6) is 2.01. The van der Waals surface area contributed by atoms with Gasteiger partial charge in [-0.1, -0.05) is 46.0 Å². The largest absolute Gasteiger partial charge is 0.351 e. The van der Waals surface area contributed by atoms with E-state index in [0.717, 1.165) is 63.2 Å². The van der Waals surface area contributed by atoms with E-state index in [1.165, 1.54) is 32.1 Å². The Morgan fingerprint density at radius 1 is 0.724 bits per heavy atom. The van der Waals surface area contributed by atoms with Crippen molar-refractivity contribution in [3.8, 4) is 0 Å². The Hall–Kier alpha value is -0.360. The Bertz CT molecular complexity index is 312. The highest BCUT2D eigenvalue weighted by Gasteiger charge is 2.23. The van der Waals surface area contributed by atoms with E-state index in [9.17, 15) is 17.7 Å². The molecule has 2 saturated carbocycles. The summed E-state index contributed by atoms with van der Waals surface area (Å²) in [5, 5.41) is 0. The lowest BCUT2D eigenvalue weighted by Crippen LogP contribution is -2.17. The summed E-state index contributed by atoms with van der Waals surface area (Å²) in [5.41, 5.74) is 0. The first kappa shape index (κ1) is 28.6. The fraction of sp³-hybridized carbons (Fsp3) is 1.00. The van der Waals surface area contributed by atoms with Crippen LogP contribution in [0.4, 0.5) is 17.7 Å². The predicted octanol–water partition coefficient (Wildman–Crippen LogP) is 8.10. The van der Waals surface area contributed by atoms with Crippen molar-refractivity contribution < 1.29 is 27.4 Å². The molecule has 2 rings (SSSR count). The standard InChI is InChI=1S/C16H28F2.C4H9FO.C3H7FO/c17-12-15-6-4-13(5-7-15)2-1-3-14-8-10-16(18)11-9-14;1-2-3-6-4-5;1-2-3-5-4/h13-16H,1-12H2;2-4H2,1H3;2-3H2,1H3. The summed E-state index contributed by atoms with van der Waals surface area (Å²) >= 11 is 0. The number of halogens is 4. The molecule has 0 unspecified atom stereocenters. The molecule has 2 nitrogen and oxygen atoms in total. The molecule has 0 spiro atoms. The monoisotopic (exact) mass is 428 g/mol. The SMILES string of the molecule is CCCOCF.CCCOF.FCC1CCC(CCCC2CCC(F)CC2)CC1. The van der Waals surface area contributed by atoms with E-state index in [1.807, 2.05) is 13.8 Å².